The van der Waals surface area contributed by atoms with Crippen LogP contribution in [0.1, 0.15) is 29.4 Å². The highest BCUT2D eigenvalue weighted by Gasteiger charge is 2.27. The highest BCUT2D eigenvalue weighted by atomic mass is 79.9. The number of carbonyl (C=O) groups excluding carboxylic acids is 1. The quantitative estimate of drug-likeness (QED) is 0.451. The van der Waals surface area contributed by atoms with Crippen LogP contribution in [0.15, 0.2) is 35.1 Å². The molecular weight excluding hydrogens is 454 g/mol. The molecule has 0 saturated carbocycles. The molecule has 0 saturated heterocycles. The molecule has 25 heavy (non-hydrogen) atoms. The van der Waals surface area contributed by atoms with Crippen molar-refractivity contribution in [2.75, 3.05) is 12.4 Å². The number of nitrogens with zero attached hydrogens (tertiary/aromatic N) is 2. The zero-order valence-corrected chi connectivity index (χ0v) is 17.0. The van der Waals surface area contributed by atoms with Crippen molar-refractivity contribution in [2.24, 2.45) is 0 Å². The van der Waals surface area contributed by atoms with Gasteiger partial charge in [-0.3, -0.25) is 4.79 Å². The molecule has 0 amide bonds. The number of aliphatic hydroxyl groups excluding tert-OH is 1. The lowest BCUT2D eigenvalue weighted by Crippen LogP contribution is -2.29. The number of halogens is 2. The smallest absolute Gasteiger partial charge is 0.201 e. The first-order valence-corrected chi connectivity index (χ1v) is 9.42. The molecule has 1 aromatic carbocycles. The van der Waals surface area contributed by atoms with Crippen molar-refractivity contribution in [3.8, 4) is 5.75 Å². The Kier molecular flexibility index (Phi) is 7.34. The van der Waals surface area contributed by atoms with E-state index in [9.17, 15) is 9.90 Å². The summed E-state index contributed by atoms with van der Waals surface area (Å²) in [5, 5.41) is 13.0. The second kappa shape index (κ2) is 9.26. The van der Waals surface area contributed by atoms with Gasteiger partial charge in [-0.05, 0) is 40.0 Å². The van der Waals surface area contributed by atoms with Crippen molar-refractivity contribution in [1.29, 1.82) is 0 Å². The number of nitrogens with one attached hydrogen (secondary N) is 1. The number of Topliss-reactive ketones (excluding diaryl/α,β-unsaturated/α-hetero) is 1. The van der Waals surface area contributed by atoms with Crippen LogP contribution in [-0.2, 0) is 6.54 Å². The summed E-state index contributed by atoms with van der Waals surface area (Å²) in [6.07, 6.45) is 1.19. The minimum Gasteiger partial charge on any atom is -0.497 e. The molecule has 0 aliphatic carbocycles. The fourth-order valence-corrected chi connectivity index (χ4v) is 2.98. The standard InChI is InChI=1S/C17H19Br2N3O3/c1-3-12(23)14(19)16(24)15-17(21-9-13(18)22-15)20-8-10-4-6-11(25-2)7-5-10/h4-7,9,12,14,23H,3,8H2,1-2H3,(H,20,21). The maximum Gasteiger partial charge on any atom is 0.201 e. The van der Waals surface area contributed by atoms with E-state index in [0.29, 0.717) is 23.4 Å². The summed E-state index contributed by atoms with van der Waals surface area (Å²) in [7, 11) is 1.62. The first-order valence-electron chi connectivity index (χ1n) is 7.72. The first kappa shape index (κ1) is 19.8. The van der Waals surface area contributed by atoms with Gasteiger partial charge in [0.05, 0.1) is 19.4 Å². The number of aliphatic hydroxyl groups is 1. The highest BCUT2D eigenvalue weighted by Crippen LogP contribution is 2.22. The van der Waals surface area contributed by atoms with E-state index in [2.05, 4.69) is 47.1 Å². The highest BCUT2D eigenvalue weighted by molar-refractivity contribution is 9.10. The van der Waals surface area contributed by atoms with Gasteiger partial charge in [-0.1, -0.05) is 35.0 Å². The topological polar surface area (TPSA) is 84.3 Å². The monoisotopic (exact) mass is 471 g/mol. The van der Waals surface area contributed by atoms with Gasteiger partial charge in [0.2, 0.25) is 5.78 Å². The van der Waals surface area contributed by atoms with Crippen molar-refractivity contribution in [1.82, 2.24) is 9.97 Å². The van der Waals surface area contributed by atoms with Crippen LogP contribution >= 0.6 is 31.9 Å². The molecule has 0 spiro atoms. The van der Waals surface area contributed by atoms with Crippen LogP contribution in [0.3, 0.4) is 0 Å². The maximum absolute atomic E-state index is 12.6. The van der Waals surface area contributed by atoms with E-state index < -0.39 is 10.9 Å². The molecule has 2 N–H and O–H groups in total. The number of hydrogen-bond donors (Lipinski definition) is 2. The van der Waals surface area contributed by atoms with Crippen molar-refractivity contribution >= 4 is 43.5 Å². The van der Waals surface area contributed by atoms with Gasteiger partial charge in [0.1, 0.15) is 15.2 Å². The van der Waals surface area contributed by atoms with Gasteiger partial charge in [0.25, 0.3) is 0 Å². The third-order valence-corrected chi connectivity index (χ3v) is 5.01. The summed E-state index contributed by atoms with van der Waals surface area (Å²) in [6, 6.07) is 7.58. The van der Waals surface area contributed by atoms with Crippen LogP contribution in [0.4, 0.5) is 5.82 Å². The Hall–Kier alpha value is -1.51. The van der Waals surface area contributed by atoms with Crippen LogP contribution < -0.4 is 10.1 Å². The van der Waals surface area contributed by atoms with E-state index >= 15 is 0 Å². The molecule has 1 heterocycles. The lowest BCUT2D eigenvalue weighted by molar-refractivity contribution is 0.0894. The average molecular weight is 473 g/mol. The Morgan fingerprint density at radius 2 is 2.04 bits per heavy atom. The van der Waals surface area contributed by atoms with Crippen molar-refractivity contribution in [3.63, 3.8) is 0 Å². The summed E-state index contributed by atoms with van der Waals surface area (Å²) in [4.78, 5) is 20.4. The largest absolute Gasteiger partial charge is 0.497 e. The molecule has 0 aliphatic heterocycles. The Balaban J connectivity index is 2.18. The van der Waals surface area contributed by atoms with Crippen LogP contribution in [0.2, 0.25) is 0 Å². The number of rotatable bonds is 8. The van der Waals surface area contributed by atoms with Crippen LogP contribution in [0, 0.1) is 0 Å². The van der Waals surface area contributed by atoms with Gasteiger partial charge in [0.15, 0.2) is 11.5 Å². The SMILES string of the molecule is CCC(O)C(Br)C(=O)c1nc(Br)cnc1NCc1ccc(OC)cc1. The first-order chi connectivity index (χ1) is 12.0. The van der Waals surface area contributed by atoms with Gasteiger partial charge >= 0.3 is 0 Å². The molecule has 1 aromatic heterocycles. The molecule has 2 unspecified atom stereocenters. The second-order valence-corrected chi connectivity index (χ2v) is 7.13. The molecule has 2 rings (SSSR count). The maximum atomic E-state index is 12.6. The molecule has 0 fully saturated rings. The fraction of sp³-hybridized carbons (Fsp3) is 0.353. The molecule has 2 atom stereocenters. The van der Waals surface area contributed by atoms with Gasteiger partial charge in [-0.15, -0.1) is 0 Å². The normalized spacial score (nSPS) is 13.2. The molecule has 0 bridgehead atoms. The minimum absolute atomic E-state index is 0.178. The van der Waals surface area contributed by atoms with Gasteiger partial charge in [0, 0.05) is 6.54 Å². The molecular formula is C17H19Br2N3O3. The molecule has 0 aliphatic rings. The van der Waals surface area contributed by atoms with E-state index in [-0.39, 0.29) is 11.5 Å². The van der Waals surface area contributed by atoms with Crippen molar-refractivity contribution in [2.45, 2.75) is 30.8 Å². The van der Waals surface area contributed by atoms with E-state index in [0.717, 1.165) is 11.3 Å². The third kappa shape index (κ3) is 5.23. The number of hydrogen-bond acceptors (Lipinski definition) is 6. The summed E-state index contributed by atoms with van der Waals surface area (Å²) in [6.45, 7) is 2.28. The second-order valence-electron chi connectivity index (χ2n) is 5.33. The molecule has 6 nitrogen and oxygen atoms in total. The number of ether oxygens (including phenoxy) is 1. The number of benzene rings is 1. The Morgan fingerprint density at radius 1 is 1.36 bits per heavy atom. The Labute approximate surface area is 163 Å². The summed E-state index contributed by atoms with van der Waals surface area (Å²) >= 11 is 6.49. The number of alkyl halides is 1. The van der Waals surface area contributed by atoms with E-state index in [1.807, 2.05) is 31.2 Å². The summed E-state index contributed by atoms with van der Waals surface area (Å²) in [5.41, 5.74) is 1.19. The van der Waals surface area contributed by atoms with Crippen LogP contribution in [0.25, 0.3) is 0 Å². The van der Waals surface area contributed by atoms with Crippen molar-refractivity contribution in [3.05, 3.63) is 46.3 Å². The lowest BCUT2D eigenvalue weighted by atomic mass is 10.1. The molecule has 2 aromatic rings. The minimum atomic E-state index is -0.789. The van der Waals surface area contributed by atoms with Crippen LogP contribution in [0.5, 0.6) is 5.75 Å². The van der Waals surface area contributed by atoms with Gasteiger partial charge < -0.3 is 15.2 Å². The van der Waals surface area contributed by atoms with E-state index in [1.165, 1.54) is 6.20 Å². The zero-order chi connectivity index (χ0) is 18.4. The predicted molar refractivity (Wildman–Crippen MR) is 103 cm³/mol. The number of carbonyl (C=O) groups is 1. The number of aromatic nitrogens is 2. The Morgan fingerprint density at radius 3 is 2.64 bits per heavy atom. The average Bonchev–Trinajstić information content (AvgIpc) is 2.65. The molecule has 8 heteroatoms. The predicted octanol–water partition coefficient (Wildman–Crippen LogP) is 3.58. The van der Waals surface area contributed by atoms with E-state index in [4.69, 9.17) is 4.74 Å². The summed E-state index contributed by atoms with van der Waals surface area (Å²) < 4.78 is 5.59. The van der Waals surface area contributed by atoms with Gasteiger partial charge in [-0.25, -0.2) is 9.97 Å². The molecule has 0 radical (unpaired) electrons. The van der Waals surface area contributed by atoms with Crippen LogP contribution in [-0.4, -0.2) is 38.9 Å². The number of methoxy groups -OCH3 is 1. The number of ketones is 1. The Bertz CT molecular complexity index is 726. The lowest BCUT2D eigenvalue weighted by Gasteiger charge is -2.16. The zero-order valence-electron chi connectivity index (χ0n) is 13.9. The van der Waals surface area contributed by atoms with Gasteiger partial charge in [-0.2, -0.15) is 0 Å². The summed E-state index contributed by atoms with van der Waals surface area (Å²) in [5.74, 6) is 0.830. The fourth-order valence-electron chi connectivity index (χ4n) is 2.11. The van der Waals surface area contributed by atoms with E-state index in [1.54, 1.807) is 7.11 Å². The van der Waals surface area contributed by atoms with Crippen molar-refractivity contribution < 1.29 is 14.6 Å². The molecule has 134 valence electrons. The number of anilines is 1. The third-order valence-electron chi connectivity index (χ3n) is 3.60.